The second-order valence-corrected chi connectivity index (χ2v) is 3.55. The molecule has 0 N–H and O–H groups in total. The Morgan fingerprint density at radius 3 is 2.59 bits per heavy atom. The molecule has 0 spiro atoms. The van der Waals surface area contributed by atoms with Crippen LogP contribution in [0.3, 0.4) is 0 Å². The highest BCUT2D eigenvalue weighted by atomic mass is 79.9. The Labute approximate surface area is 102 Å². The Morgan fingerprint density at radius 1 is 1.59 bits per heavy atom. The van der Waals surface area contributed by atoms with E-state index in [4.69, 9.17) is 0 Å². The molecule has 1 aromatic heterocycles. The van der Waals surface area contributed by atoms with Gasteiger partial charge in [-0.3, -0.25) is 10.1 Å². The van der Waals surface area contributed by atoms with E-state index >= 15 is 0 Å². The third kappa shape index (κ3) is 3.29. The van der Waals surface area contributed by atoms with Crippen molar-refractivity contribution in [2.24, 2.45) is 0 Å². The number of nitro groups is 1. The predicted octanol–water partition coefficient (Wildman–Crippen LogP) is 3.09. The molecule has 9 heteroatoms. The molecule has 0 aromatic carbocycles. The van der Waals surface area contributed by atoms with Crippen molar-refractivity contribution in [3.05, 3.63) is 27.4 Å². The maximum Gasteiger partial charge on any atom is 0.574 e. The lowest BCUT2D eigenvalue weighted by Gasteiger charge is -2.12. The van der Waals surface area contributed by atoms with Crippen molar-refractivity contribution >= 4 is 21.6 Å². The van der Waals surface area contributed by atoms with Gasteiger partial charge in [0.2, 0.25) is 5.88 Å². The summed E-state index contributed by atoms with van der Waals surface area (Å²) in [6.45, 7) is 1.28. The van der Waals surface area contributed by atoms with Gasteiger partial charge >= 0.3 is 6.36 Å². The van der Waals surface area contributed by atoms with Crippen LogP contribution in [0.5, 0.6) is 5.88 Å². The van der Waals surface area contributed by atoms with Gasteiger partial charge in [-0.05, 0) is 6.92 Å². The number of aromatic nitrogens is 1. The number of pyridine rings is 1. The number of alkyl halides is 4. The minimum absolute atomic E-state index is 0.0200. The van der Waals surface area contributed by atoms with Crippen LogP contribution in [0.2, 0.25) is 0 Å². The summed E-state index contributed by atoms with van der Waals surface area (Å²) in [6, 6.07) is 0. The van der Waals surface area contributed by atoms with E-state index in [-0.39, 0.29) is 22.1 Å². The molecule has 0 saturated carbocycles. The van der Waals surface area contributed by atoms with Crippen LogP contribution in [0.1, 0.15) is 11.1 Å². The summed E-state index contributed by atoms with van der Waals surface area (Å²) in [7, 11) is 0. The zero-order valence-electron chi connectivity index (χ0n) is 8.42. The topological polar surface area (TPSA) is 65.3 Å². The quantitative estimate of drug-likeness (QED) is 0.488. The first kappa shape index (κ1) is 13.7. The first-order chi connectivity index (χ1) is 7.76. The maximum atomic E-state index is 12.0. The summed E-state index contributed by atoms with van der Waals surface area (Å²) < 4.78 is 39.7. The molecule has 0 atom stereocenters. The summed E-state index contributed by atoms with van der Waals surface area (Å²) in [4.78, 5) is 13.2. The fourth-order valence-corrected chi connectivity index (χ4v) is 1.86. The second kappa shape index (κ2) is 4.86. The molecule has 1 rings (SSSR count). The molecule has 0 unspecified atom stereocenters. The van der Waals surface area contributed by atoms with Gasteiger partial charge in [0.1, 0.15) is 6.20 Å². The smallest absolute Gasteiger partial charge is 0.388 e. The van der Waals surface area contributed by atoms with Gasteiger partial charge in [0.05, 0.1) is 10.5 Å². The monoisotopic (exact) mass is 314 g/mol. The van der Waals surface area contributed by atoms with E-state index in [9.17, 15) is 23.3 Å². The van der Waals surface area contributed by atoms with Gasteiger partial charge < -0.3 is 4.74 Å². The van der Waals surface area contributed by atoms with E-state index in [1.807, 2.05) is 0 Å². The van der Waals surface area contributed by atoms with E-state index in [0.717, 1.165) is 6.20 Å². The minimum Gasteiger partial charge on any atom is -0.388 e. The molecule has 0 bridgehead atoms. The Balaban J connectivity index is 3.25. The molecule has 0 aliphatic heterocycles. The van der Waals surface area contributed by atoms with Crippen LogP contribution < -0.4 is 4.74 Å². The van der Waals surface area contributed by atoms with Crippen molar-refractivity contribution in [3.63, 3.8) is 0 Å². The highest BCUT2D eigenvalue weighted by Gasteiger charge is 2.33. The number of rotatable bonds is 3. The van der Waals surface area contributed by atoms with Gasteiger partial charge in [-0.2, -0.15) is 0 Å². The molecule has 17 heavy (non-hydrogen) atoms. The van der Waals surface area contributed by atoms with Crippen molar-refractivity contribution in [1.29, 1.82) is 0 Å². The minimum atomic E-state index is -4.88. The zero-order valence-corrected chi connectivity index (χ0v) is 10.0. The highest BCUT2D eigenvalue weighted by Crippen LogP contribution is 2.31. The second-order valence-electron chi connectivity index (χ2n) is 2.99. The largest absolute Gasteiger partial charge is 0.574 e. The average molecular weight is 315 g/mol. The fraction of sp³-hybridized carbons (Fsp3) is 0.375. The lowest BCUT2D eigenvalue weighted by molar-refractivity contribution is -0.385. The van der Waals surface area contributed by atoms with Crippen LogP contribution >= 0.6 is 15.9 Å². The Bertz CT molecular complexity index is 450. The molecule has 0 fully saturated rings. The number of halogens is 4. The van der Waals surface area contributed by atoms with E-state index < -0.39 is 17.2 Å². The van der Waals surface area contributed by atoms with Crippen molar-refractivity contribution in [1.82, 2.24) is 4.98 Å². The third-order valence-corrected chi connectivity index (χ3v) is 2.49. The third-order valence-electron chi connectivity index (χ3n) is 1.93. The Hall–Kier alpha value is -1.38. The Kier molecular flexibility index (Phi) is 3.91. The van der Waals surface area contributed by atoms with Gasteiger partial charge in [-0.1, -0.05) is 15.9 Å². The summed E-state index contributed by atoms with van der Waals surface area (Å²) in [5, 5.41) is 10.6. The average Bonchev–Trinajstić information content (AvgIpc) is 2.18. The molecule has 0 amide bonds. The lowest BCUT2D eigenvalue weighted by Crippen LogP contribution is -2.19. The number of ether oxygens (including phenoxy) is 1. The summed E-state index contributed by atoms with van der Waals surface area (Å²) >= 11 is 2.97. The standard InChI is InChI=1S/C8H6BrF3N2O3/c1-4-5(2-9)6(14(15)16)3-13-7(4)17-8(10,11)12/h3H,2H2,1H3. The van der Waals surface area contributed by atoms with Crippen LogP contribution in [0.15, 0.2) is 6.20 Å². The van der Waals surface area contributed by atoms with Crippen LogP contribution in [-0.4, -0.2) is 16.3 Å². The number of nitrogens with zero attached hydrogens (tertiary/aromatic N) is 2. The van der Waals surface area contributed by atoms with Gasteiger partial charge in [-0.15, -0.1) is 13.2 Å². The zero-order chi connectivity index (χ0) is 13.2. The summed E-state index contributed by atoms with van der Waals surface area (Å²) in [5.74, 6) is -0.683. The van der Waals surface area contributed by atoms with Crippen molar-refractivity contribution < 1.29 is 22.8 Å². The summed E-state index contributed by atoms with van der Waals surface area (Å²) in [5.41, 5.74) is -0.272. The predicted molar refractivity (Wildman–Crippen MR) is 54.9 cm³/mol. The van der Waals surface area contributed by atoms with Gasteiger partial charge in [0.25, 0.3) is 5.69 Å². The van der Waals surface area contributed by atoms with Crippen molar-refractivity contribution in [2.75, 3.05) is 0 Å². The van der Waals surface area contributed by atoms with Crippen LogP contribution in [0.4, 0.5) is 18.9 Å². The molecule has 1 aromatic rings. The molecule has 5 nitrogen and oxygen atoms in total. The Morgan fingerprint density at radius 2 is 2.18 bits per heavy atom. The molecule has 1 heterocycles. The first-order valence-electron chi connectivity index (χ1n) is 4.21. The first-order valence-corrected chi connectivity index (χ1v) is 5.33. The molecule has 0 saturated heterocycles. The van der Waals surface area contributed by atoms with Crippen LogP contribution in [0, 0.1) is 17.0 Å². The van der Waals surface area contributed by atoms with E-state index in [0.29, 0.717) is 0 Å². The van der Waals surface area contributed by atoms with E-state index in [2.05, 4.69) is 25.7 Å². The highest BCUT2D eigenvalue weighted by molar-refractivity contribution is 9.08. The van der Waals surface area contributed by atoms with Crippen molar-refractivity contribution in [2.45, 2.75) is 18.6 Å². The van der Waals surface area contributed by atoms with Gasteiger partial charge in [0, 0.05) is 10.9 Å². The summed E-state index contributed by atoms with van der Waals surface area (Å²) in [6.07, 6.45) is -4.14. The molecule has 94 valence electrons. The van der Waals surface area contributed by atoms with Crippen molar-refractivity contribution in [3.8, 4) is 5.88 Å². The molecular weight excluding hydrogens is 309 g/mol. The number of hydrogen-bond acceptors (Lipinski definition) is 4. The van der Waals surface area contributed by atoms with Gasteiger partial charge in [-0.25, -0.2) is 4.98 Å². The SMILES string of the molecule is Cc1c(OC(F)(F)F)ncc([N+](=O)[O-])c1CBr. The lowest BCUT2D eigenvalue weighted by atomic mass is 10.1. The number of hydrogen-bond donors (Lipinski definition) is 0. The molecule has 0 radical (unpaired) electrons. The van der Waals surface area contributed by atoms with E-state index in [1.165, 1.54) is 6.92 Å². The normalized spacial score (nSPS) is 11.4. The van der Waals surface area contributed by atoms with Crippen LogP contribution in [0.25, 0.3) is 0 Å². The molecular formula is C8H6BrF3N2O3. The van der Waals surface area contributed by atoms with Crippen LogP contribution in [-0.2, 0) is 5.33 Å². The van der Waals surface area contributed by atoms with E-state index in [1.54, 1.807) is 0 Å². The maximum absolute atomic E-state index is 12.0. The molecule has 0 aliphatic carbocycles. The molecule has 0 aliphatic rings. The fourth-order valence-electron chi connectivity index (χ4n) is 1.15. The van der Waals surface area contributed by atoms with Gasteiger partial charge in [0.15, 0.2) is 0 Å².